The molecular formula is C8H9NaO6. The van der Waals surface area contributed by atoms with E-state index in [4.69, 9.17) is 24.9 Å². The van der Waals surface area contributed by atoms with Gasteiger partial charge in [-0.05, 0) is 12.1 Å². The van der Waals surface area contributed by atoms with Gasteiger partial charge in [-0.1, -0.05) is 6.07 Å². The SMILES string of the molecule is O=COC(=O)O.Oc1cccc(O)c1.[H-].[Na+]. The molecule has 1 rings (SSSR count). The molecule has 1 aromatic rings. The van der Waals surface area contributed by atoms with Crippen molar-refractivity contribution in [1.82, 2.24) is 0 Å². The molecule has 0 bridgehead atoms. The van der Waals surface area contributed by atoms with E-state index in [2.05, 4.69) is 4.74 Å². The third kappa shape index (κ3) is 10.7. The fourth-order valence-corrected chi connectivity index (χ4v) is 0.534. The predicted octanol–water partition coefficient (Wildman–Crippen LogP) is -1.95. The molecule has 0 atom stereocenters. The van der Waals surface area contributed by atoms with Crippen molar-refractivity contribution in [3.05, 3.63) is 24.3 Å². The zero-order valence-electron chi connectivity index (χ0n) is 8.95. The van der Waals surface area contributed by atoms with Gasteiger partial charge in [0, 0.05) is 6.07 Å². The first-order valence-corrected chi connectivity index (χ1v) is 3.37. The number of carbonyl (C=O) groups excluding carboxylic acids is 1. The van der Waals surface area contributed by atoms with Crippen LogP contribution in [0.5, 0.6) is 11.5 Å². The number of hydrogen-bond acceptors (Lipinski definition) is 5. The van der Waals surface area contributed by atoms with E-state index in [0.29, 0.717) is 0 Å². The predicted molar refractivity (Wildman–Crippen MR) is 46.1 cm³/mol. The average molecular weight is 224 g/mol. The van der Waals surface area contributed by atoms with E-state index >= 15 is 0 Å². The number of rotatable bonds is 1. The van der Waals surface area contributed by atoms with E-state index in [1.807, 2.05) is 0 Å². The number of carbonyl (C=O) groups is 2. The minimum atomic E-state index is -1.58. The number of phenolic OH excluding ortho intramolecular Hbond substituents is 2. The minimum absolute atomic E-state index is 0. The normalized spacial score (nSPS) is 7.47. The Hall–Kier alpha value is -1.24. The fourth-order valence-electron chi connectivity index (χ4n) is 0.534. The van der Waals surface area contributed by atoms with Crippen LogP contribution in [0.2, 0.25) is 0 Å². The molecule has 15 heavy (non-hydrogen) atoms. The van der Waals surface area contributed by atoms with Gasteiger partial charge in [0.1, 0.15) is 11.5 Å². The molecule has 0 saturated heterocycles. The van der Waals surface area contributed by atoms with Gasteiger partial charge in [0.15, 0.2) is 0 Å². The van der Waals surface area contributed by atoms with Crippen LogP contribution in [0.25, 0.3) is 0 Å². The minimum Gasteiger partial charge on any atom is -1.00 e. The largest absolute Gasteiger partial charge is 1.00 e. The standard InChI is InChI=1S/C6H6O2.C2H2O4.Na.H/c7-5-2-1-3-6(8)4-5;3-1-6-2(4)5;;/h1-4,7-8H;1H,(H,4,5);;/q;;+1;-1. The van der Waals surface area contributed by atoms with Crippen molar-refractivity contribution in [1.29, 1.82) is 0 Å². The average Bonchev–Trinajstić information content (AvgIpc) is 2.03. The summed E-state index contributed by atoms with van der Waals surface area (Å²) in [5.74, 6) is 0.176. The second kappa shape index (κ2) is 9.32. The summed E-state index contributed by atoms with van der Waals surface area (Å²) in [6, 6.07) is 5.85. The maximum Gasteiger partial charge on any atom is 1.00 e. The van der Waals surface area contributed by atoms with Gasteiger partial charge in [-0.15, -0.1) is 0 Å². The second-order valence-electron chi connectivity index (χ2n) is 2.00. The smallest absolute Gasteiger partial charge is 1.00 e. The Bertz CT molecular complexity index is 302. The first kappa shape index (κ1) is 16.2. The topological polar surface area (TPSA) is 104 Å². The Balaban J connectivity index is -0.000000195. The first-order chi connectivity index (χ1) is 6.56. The van der Waals surface area contributed by atoms with Gasteiger partial charge in [0.2, 0.25) is 0 Å². The van der Waals surface area contributed by atoms with Crippen molar-refractivity contribution in [3.8, 4) is 11.5 Å². The molecular weight excluding hydrogens is 215 g/mol. The summed E-state index contributed by atoms with van der Waals surface area (Å²) in [6.45, 7) is -0.150. The number of ether oxygens (including phenoxy) is 1. The van der Waals surface area contributed by atoms with Gasteiger partial charge in [-0.2, -0.15) is 0 Å². The van der Waals surface area contributed by atoms with Crippen LogP contribution in [0.4, 0.5) is 4.79 Å². The van der Waals surface area contributed by atoms with E-state index in [0.717, 1.165) is 0 Å². The summed E-state index contributed by atoms with van der Waals surface area (Å²) in [5.41, 5.74) is 0. The molecule has 0 unspecified atom stereocenters. The van der Waals surface area contributed by atoms with Crippen molar-refractivity contribution in [3.63, 3.8) is 0 Å². The summed E-state index contributed by atoms with van der Waals surface area (Å²) in [4.78, 5) is 18.2. The maximum atomic E-state index is 9.15. The van der Waals surface area contributed by atoms with Crippen LogP contribution < -0.4 is 29.6 Å². The molecule has 0 fully saturated rings. The molecule has 0 saturated carbocycles. The van der Waals surface area contributed by atoms with Crippen LogP contribution in [0, 0.1) is 0 Å². The Kier molecular flexibility index (Phi) is 10.1. The molecule has 0 aliphatic heterocycles. The molecule has 0 aliphatic carbocycles. The number of hydrogen-bond donors (Lipinski definition) is 3. The van der Waals surface area contributed by atoms with Crippen LogP contribution >= 0.6 is 0 Å². The van der Waals surface area contributed by atoms with Crippen LogP contribution in [0.15, 0.2) is 24.3 Å². The monoisotopic (exact) mass is 224 g/mol. The first-order valence-electron chi connectivity index (χ1n) is 3.37. The number of aromatic hydroxyl groups is 2. The quantitative estimate of drug-likeness (QED) is 0.222. The van der Waals surface area contributed by atoms with Crippen molar-refractivity contribution >= 4 is 12.6 Å². The molecule has 78 valence electrons. The zero-order valence-corrected chi connectivity index (χ0v) is 9.95. The van der Waals surface area contributed by atoms with Crippen molar-refractivity contribution in [2.24, 2.45) is 0 Å². The molecule has 7 heteroatoms. The van der Waals surface area contributed by atoms with Crippen LogP contribution in [0.3, 0.4) is 0 Å². The third-order valence-electron chi connectivity index (χ3n) is 0.979. The number of benzene rings is 1. The summed E-state index contributed by atoms with van der Waals surface area (Å²) < 4.78 is 3.28. The van der Waals surface area contributed by atoms with Gasteiger partial charge < -0.3 is 21.5 Å². The van der Waals surface area contributed by atoms with Gasteiger partial charge in [0.25, 0.3) is 0 Å². The molecule has 0 spiro atoms. The Morgan fingerprint density at radius 2 is 1.80 bits per heavy atom. The molecule has 1 aromatic carbocycles. The molecule has 0 aromatic heterocycles. The number of phenols is 2. The molecule has 6 nitrogen and oxygen atoms in total. The Labute approximate surface area is 109 Å². The Morgan fingerprint density at radius 3 is 1.93 bits per heavy atom. The summed E-state index contributed by atoms with van der Waals surface area (Å²) in [7, 11) is 0. The summed E-state index contributed by atoms with van der Waals surface area (Å²) in [5, 5.41) is 24.8. The number of carboxylic acid groups (broad SMARTS) is 1. The second-order valence-corrected chi connectivity index (χ2v) is 2.00. The van der Waals surface area contributed by atoms with E-state index < -0.39 is 6.16 Å². The van der Waals surface area contributed by atoms with E-state index in [9.17, 15) is 0 Å². The van der Waals surface area contributed by atoms with E-state index in [1.54, 1.807) is 6.07 Å². The third-order valence-corrected chi connectivity index (χ3v) is 0.979. The van der Waals surface area contributed by atoms with Crippen LogP contribution in [0.1, 0.15) is 1.43 Å². The van der Waals surface area contributed by atoms with Gasteiger partial charge in [-0.25, -0.2) is 4.79 Å². The molecule has 3 N–H and O–H groups in total. The van der Waals surface area contributed by atoms with Crippen molar-refractivity contribution in [2.75, 3.05) is 0 Å². The van der Waals surface area contributed by atoms with Gasteiger partial charge in [-0.3, -0.25) is 4.79 Å². The zero-order chi connectivity index (χ0) is 11.0. The van der Waals surface area contributed by atoms with Crippen molar-refractivity contribution in [2.45, 2.75) is 0 Å². The van der Waals surface area contributed by atoms with E-state index in [-0.39, 0.29) is 49.0 Å². The molecule has 0 aliphatic rings. The van der Waals surface area contributed by atoms with E-state index in [1.165, 1.54) is 18.2 Å². The summed E-state index contributed by atoms with van der Waals surface area (Å²) in [6.07, 6.45) is -1.58. The molecule has 0 radical (unpaired) electrons. The van der Waals surface area contributed by atoms with Crippen molar-refractivity contribution < 1.29 is 60.6 Å². The summed E-state index contributed by atoms with van der Waals surface area (Å²) >= 11 is 0. The Morgan fingerprint density at radius 1 is 1.33 bits per heavy atom. The maximum absolute atomic E-state index is 9.15. The molecule has 0 amide bonds. The van der Waals surface area contributed by atoms with Crippen LogP contribution in [-0.4, -0.2) is 27.9 Å². The van der Waals surface area contributed by atoms with Crippen LogP contribution in [-0.2, 0) is 9.53 Å². The fraction of sp³-hybridized carbons (Fsp3) is 0. The van der Waals surface area contributed by atoms with Gasteiger partial charge >= 0.3 is 42.2 Å². The van der Waals surface area contributed by atoms with Gasteiger partial charge in [0.05, 0.1) is 0 Å². The molecule has 0 heterocycles.